The number of nitro benzene ring substituents is 2. The van der Waals surface area contributed by atoms with E-state index in [1.165, 1.54) is 23.9 Å². The van der Waals surface area contributed by atoms with Gasteiger partial charge in [0.15, 0.2) is 0 Å². The number of carbonyl (C=O) groups is 2. The van der Waals surface area contributed by atoms with Crippen molar-refractivity contribution in [2.75, 3.05) is 12.0 Å². The Morgan fingerprint density at radius 3 is 1.74 bits per heavy atom. The fraction of sp³-hybridized carbons (Fsp3) is 0.0667. The van der Waals surface area contributed by atoms with Crippen molar-refractivity contribution in [1.82, 2.24) is 0 Å². The normalized spacial score (nSPS) is 9.67. The van der Waals surface area contributed by atoms with Crippen LogP contribution in [-0.4, -0.2) is 38.3 Å². The third-order valence-corrected chi connectivity index (χ3v) is 3.69. The van der Waals surface area contributed by atoms with E-state index in [0.717, 1.165) is 24.3 Å². The first-order valence-electron chi connectivity index (χ1n) is 6.90. The maximum absolute atomic E-state index is 10.6. The Kier molecular flexibility index (Phi) is 7.24. The number of aromatic carboxylic acids is 2. The Morgan fingerprint density at radius 1 is 0.889 bits per heavy atom. The van der Waals surface area contributed by atoms with Crippen LogP contribution in [0.4, 0.5) is 17.1 Å². The van der Waals surface area contributed by atoms with Gasteiger partial charge in [-0.05, 0) is 18.4 Å². The standard InChI is InChI=1S/C8H7NO4S.C7H6N2O4/c1-14-7-3-5(8(10)11)2-6(4-7)9(12)13;8-5-1-4(7(10)11)2-6(3-5)9(12)13/h2-4H,1H3,(H,10,11);1-3H,8H2,(H,10,11). The van der Waals surface area contributed by atoms with Crippen LogP contribution in [0.1, 0.15) is 20.7 Å². The van der Waals surface area contributed by atoms with Gasteiger partial charge in [-0.25, -0.2) is 9.59 Å². The van der Waals surface area contributed by atoms with Crippen LogP contribution < -0.4 is 5.73 Å². The summed E-state index contributed by atoms with van der Waals surface area (Å²) < 4.78 is 0. The Morgan fingerprint density at radius 2 is 1.33 bits per heavy atom. The maximum atomic E-state index is 10.6. The molecule has 0 bridgehead atoms. The van der Waals surface area contributed by atoms with Crippen molar-refractivity contribution in [2.24, 2.45) is 0 Å². The average Bonchev–Trinajstić information content (AvgIpc) is 2.61. The quantitative estimate of drug-likeness (QED) is 0.294. The third-order valence-electron chi connectivity index (χ3n) is 2.98. The van der Waals surface area contributed by atoms with Crippen molar-refractivity contribution < 1.29 is 29.6 Å². The van der Waals surface area contributed by atoms with E-state index in [-0.39, 0.29) is 28.2 Å². The summed E-state index contributed by atoms with van der Waals surface area (Å²) in [4.78, 5) is 41.1. The van der Waals surface area contributed by atoms with Crippen LogP contribution in [-0.2, 0) is 0 Å². The summed E-state index contributed by atoms with van der Waals surface area (Å²) in [6.07, 6.45) is 1.73. The lowest BCUT2D eigenvalue weighted by molar-refractivity contribution is -0.385. The molecule has 12 heteroatoms. The molecule has 0 aliphatic heterocycles. The van der Waals surface area contributed by atoms with Gasteiger partial charge in [0, 0.05) is 34.8 Å². The van der Waals surface area contributed by atoms with Crippen molar-refractivity contribution in [2.45, 2.75) is 4.90 Å². The summed E-state index contributed by atoms with van der Waals surface area (Å²) in [6, 6.07) is 7.01. The van der Waals surface area contributed by atoms with E-state index in [4.69, 9.17) is 15.9 Å². The molecule has 2 aromatic carbocycles. The predicted molar refractivity (Wildman–Crippen MR) is 96.3 cm³/mol. The van der Waals surface area contributed by atoms with Gasteiger partial charge >= 0.3 is 11.9 Å². The second-order valence-electron chi connectivity index (χ2n) is 4.86. The molecular weight excluding hydrogens is 382 g/mol. The summed E-state index contributed by atoms with van der Waals surface area (Å²) >= 11 is 1.26. The number of hydrogen-bond donors (Lipinski definition) is 3. The fourth-order valence-corrected chi connectivity index (χ4v) is 2.28. The Bertz CT molecular complexity index is 851. The second kappa shape index (κ2) is 9.15. The molecule has 2 aromatic rings. The SMILES string of the molecule is CSc1cc(C(=O)O)cc([N+](=O)[O-])c1.Nc1cc(C(=O)O)cc([N+](=O)[O-])c1. The number of nitrogens with two attached hydrogens (primary N) is 1. The third kappa shape index (κ3) is 6.28. The van der Waals surface area contributed by atoms with Crippen LogP contribution in [0.3, 0.4) is 0 Å². The molecule has 0 aliphatic carbocycles. The highest BCUT2D eigenvalue weighted by molar-refractivity contribution is 7.98. The Balaban J connectivity index is 0.000000271. The van der Waals surface area contributed by atoms with Gasteiger partial charge in [-0.3, -0.25) is 20.2 Å². The summed E-state index contributed by atoms with van der Waals surface area (Å²) in [5.41, 5.74) is 4.55. The van der Waals surface area contributed by atoms with E-state index in [9.17, 15) is 29.8 Å². The van der Waals surface area contributed by atoms with Crippen LogP contribution in [0.25, 0.3) is 0 Å². The summed E-state index contributed by atoms with van der Waals surface area (Å²) in [5.74, 6) is -2.40. The lowest BCUT2D eigenvalue weighted by Crippen LogP contribution is -2.00. The molecule has 0 radical (unpaired) electrons. The number of carboxylic acid groups (broad SMARTS) is 2. The van der Waals surface area contributed by atoms with E-state index in [2.05, 4.69) is 0 Å². The maximum Gasteiger partial charge on any atom is 0.336 e. The topological polar surface area (TPSA) is 187 Å². The number of rotatable bonds is 5. The first-order chi connectivity index (χ1) is 12.5. The number of carboxylic acids is 2. The number of thioether (sulfide) groups is 1. The number of hydrogen-bond acceptors (Lipinski definition) is 8. The molecule has 0 saturated heterocycles. The molecule has 0 spiro atoms. The molecule has 0 aliphatic rings. The Labute approximate surface area is 155 Å². The molecule has 0 atom stereocenters. The fourth-order valence-electron chi connectivity index (χ4n) is 1.79. The van der Waals surface area contributed by atoms with Crippen molar-refractivity contribution in [3.63, 3.8) is 0 Å². The van der Waals surface area contributed by atoms with E-state index < -0.39 is 21.8 Å². The summed E-state index contributed by atoms with van der Waals surface area (Å²) in [5, 5.41) is 37.9. The molecule has 0 unspecified atom stereocenters. The monoisotopic (exact) mass is 395 g/mol. The summed E-state index contributed by atoms with van der Waals surface area (Å²) in [7, 11) is 0. The van der Waals surface area contributed by atoms with Gasteiger partial charge < -0.3 is 15.9 Å². The minimum Gasteiger partial charge on any atom is -0.478 e. The van der Waals surface area contributed by atoms with Crippen LogP contribution in [0.15, 0.2) is 41.3 Å². The molecule has 0 aromatic heterocycles. The van der Waals surface area contributed by atoms with Gasteiger partial charge in [-0.1, -0.05) is 0 Å². The molecule has 0 amide bonds. The predicted octanol–water partition coefficient (Wildman–Crippen LogP) is 2.89. The highest BCUT2D eigenvalue weighted by Crippen LogP contribution is 2.23. The number of non-ortho nitro benzene ring substituents is 2. The molecule has 0 saturated carbocycles. The number of nitro groups is 2. The smallest absolute Gasteiger partial charge is 0.336 e. The van der Waals surface area contributed by atoms with Crippen LogP contribution in [0.5, 0.6) is 0 Å². The molecule has 11 nitrogen and oxygen atoms in total. The highest BCUT2D eigenvalue weighted by Gasteiger charge is 2.13. The van der Waals surface area contributed by atoms with Crippen LogP contribution in [0.2, 0.25) is 0 Å². The van der Waals surface area contributed by atoms with Crippen molar-refractivity contribution >= 4 is 40.8 Å². The van der Waals surface area contributed by atoms with Crippen molar-refractivity contribution in [1.29, 1.82) is 0 Å². The first kappa shape index (κ1) is 21.4. The van der Waals surface area contributed by atoms with Crippen molar-refractivity contribution in [3.8, 4) is 0 Å². The van der Waals surface area contributed by atoms with Gasteiger partial charge in [0.05, 0.1) is 21.0 Å². The van der Waals surface area contributed by atoms with E-state index in [1.807, 2.05) is 0 Å². The average molecular weight is 395 g/mol. The largest absolute Gasteiger partial charge is 0.478 e. The molecule has 0 heterocycles. The molecule has 142 valence electrons. The highest BCUT2D eigenvalue weighted by atomic mass is 32.2. The van der Waals surface area contributed by atoms with Gasteiger partial charge in [0.2, 0.25) is 0 Å². The minimum absolute atomic E-state index is 0.0617. The first-order valence-corrected chi connectivity index (χ1v) is 8.12. The second-order valence-corrected chi connectivity index (χ2v) is 5.74. The lowest BCUT2D eigenvalue weighted by Gasteiger charge is -1.99. The minimum atomic E-state index is -1.24. The Hall–Kier alpha value is -3.67. The zero-order chi connectivity index (χ0) is 20.7. The van der Waals surface area contributed by atoms with Gasteiger partial charge in [0.1, 0.15) is 0 Å². The molecule has 4 N–H and O–H groups in total. The van der Waals surface area contributed by atoms with Gasteiger partial charge in [-0.15, -0.1) is 11.8 Å². The zero-order valence-electron chi connectivity index (χ0n) is 13.7. The number of anilines is 1. The summed E-state index contributed by atoms with van der Waals surface area (Å²) in [6.45, 7) is 0. The van der Waals surface area contributed by atoms with Crippen molar-refractivity contribution in [3.05, 3.63) is 67.8 Å². The molecular formula is C15H13N3O8S. The number of nitrogen functional groups attached to an aromatic ring is 1. The lowest BCUT2D eigenvalue weighted by atomic mass is 10.2. The zero-order valence-corrected chi connectivity index (χ0v) is 14.5. The van der Waals surface area contributed by atoms with E-state index >= 15 is 0 Å². The number of benzene rings is 2. The van der Waals surface area contributed by atoms with Gasteiger partial charge in [0.25, 0.3) is 11.4 Å². The molecule has 27 heavy (non-hydrogen) atoms. The molecule has 0 fully saturated rings. The van der Waals surface area contributed by atoms with Crippen LogP contribution in [0, 0.1) is 20.2 Å². The number of nitrogens with zero attached hydrogens (tertiary/aromatic N) is 2. The van der Waals surface area contributed by atoms with E-state index in [1.54, 1.807) is 6.26 Å². The van der Waals surface area contributed by atoms with Crippen LogP contribution >= 0.6 is 11.8 Å². The van der Waals surface area contributed by atoms with E-state index in [0.29, 0.717) is 4.90 Å². The van der Waals surface area contributed by atoms with Gasteiger partial charge in [-0.2, -0.15) is 0 Å². The molecule has 2 rings (SSSR count).